The Morgan fingerprint density at radius 1 is 1.33 bits per heavy atom. The molecule has 0 radical (unpaired) electrons. The Bertz CT molecular complexity index is 574. The molecule has 1 aliphatic rings. The number of nitrogens with zero attached hydrogens (tertiary/aromatic N) is 2. The van der Waals surface area contributed by atoms with Gasteiger partial charge in [0, 0.05) is 10.4 Å². The Hall–Kier alpha value is -1.68. The van der Waals surface area contributed by atoms with Crippen LogP contribution in [-0.4, -0.2) is 10.1 Å². The molecule has 1 aliphatic carbocycles. The van der Waals surface area contributed by atoms with E-state index in [4.69, 9.17) is 16.1 Å². The number of allylic oxidation sites excluding steroid dienone is 1. The summed E-state index contributed by atoms with van der Waals surface area (Å²) in [5, 5.41) is 4.07. The van der Waals surface area contributed by atoms with Crippen LogP contribution in [0.15, 0.2) is 41.2 Å². The molecule has 0 atom stereocenters. The Labute approximate surface area is 108 Å². The maximum Gasteiger partial charge on any atom is 0.286 e. The Morgan fingerprint density at radius 3 is 2.61 bits per heavy atom. The summed E-state index contributed by atoms with van der Waals surface area (Å²) in [6.45, 7) is 0. The fourth-order valence-corrected chi connectivity index (χ4v) is 2.14. The van der Waals surface area contributed by atoms with Gasteiger partial charge in [0.2, 0.25) is 0 Å². The molecule has 1 aromatic heterocycles. The summed E-state index contributed by atoms with van der Waals surface area (Å²) in [5.74, 6) is -0.546. The van der Waals surface area contributed by atoms with Crippen molar-refractivity contribution in [1.29, 1.82) is 0 Å². The number of hydrogen-bond acceptors (Lipinski definition) is 3. The van der Waals surface area contributed by atoms with Crippen LogP contribution in [0.1, 0.15) is 24.3 Å². The molecule has 0 unspecified atom stereocenters. The van der Waals surface area contributed by atoms with Crippen molar-refractivity contribution in [3.63, 3.8) is 0 Å². The first-order chi connectivity index (χ1) is 8.70. The molecule has 0 saturated heterocycles. The molecule has 0 bridgehead atoms. The van der Waals surface area contributed by atoms with Crippen LogP contribution in [0.25, 0.3) is 5.83 Å². The maximum atomic E-state index is 13.9. The Morgan fingerprint density at radius 2 is 2.06 bits per heavy atom. The molecule has 1 heterocycles. The summed E-state index contributed by atoms with van der Waals surface area (Å²) in [6.07, 6.45) is 4.57. The second-order valence-corrected chi connectivity index (χ2v) is 4.84. The summed E-state index contributed by atoms with van der Waals surface area (Å²) in [5.41, 5.74) is 0.810. The summed E-state index contributed by atoms with van der Waals surface area (Å²) in [7, 11) is 0. The van der Waals surface area contributed by atoms with Gasteiger partial charge >= 0.3 is 0 Å². The highest BCUT2D eigenvalue weighted by molar-refractivity contribution is 6.30. The topological polar surface area (TPSA) is 38.9 Å². The minimum atomic E-state index is -0.472. The van der Waals surface area contributed by atoms with Crippen LogP contribution in [0.4, 0.5) is 4.39 Å². The lowest BCUT2D eigenvalue weighted by atomic mass is 9.95. The van der Waals surface area contributed by atoms with E-state index in [0.29, 0.717) is 5.02 Å². The van der Waals surface area contributed by atoms with Crippen molar-refractivity contribution in [1.82, 2.24) is 10.1 Å². The van der Waals surface area contributed by atoms with E-state index in [1.165, 1.54) is 6.33 Å². The SMILES string of the molecule is F/C(=C\C1(c2ccc(Cl)cc2)CC1)c1ncno1. The van der Waals surface area contributed by atoms with Crippen molar-refractivity contribution >= 4 is 17.4 Å². The number of aromatic nitrogens is 2. The van der Waals surface area contributed by atoms with Gasteiger partial charge in [0.15, 0.2) is 12.2 Å². The van der Waals surface area contributed by atoms with Crippen molar-refractivity contribution in [2.24, 2.45) is 0 Å². The van der Waals surface area contributed by atoms with Gasteiger partial charge in [0.1, 0.15) is 0 Å². The van der Waals surface area contributed by atoms with E-state index in [9.17, 15) is 4.39 Å². The third kappa shape index (κ3) is 2.04. The molecular formula is C13H10ClFN2O. The second kappa shape index (κ2) is 4.21. The van der Waals surface area contributed by atoms with Crippen molar-refractivity contribution in [3.05, 3.63) is 53.1 Å². The van der Waals surface area contributed by atoms with E-state index in [1.54, 1.807) is 6.08 Å². The predicted molar refractivity (Wildman–Crippen MR) is 65.7 cm³/mol. The molecule has 0 aliphatic heterocycles. The molecule has 1 fully saturated rings. The summed E-state index contributed by atoms with van der Waals surface area (Å²) in [6, 6.07) is 7.48. The van der Waals surface area contributed by atoms with Gasteiger partial charge in [-0.2, -0.15) is 4.98 Å². The van der Waals surface area contributed by atoms with Crippen LogP contribution in [0.5, 0.6) is 0 Å². The lowest BCUT2D eigenvalue weighted by Crippen LogP contribution is -2.02. The average Bonchev–Trinajstić information content (AvgIpc) is 2.94. The highest BCUT2D eigenvalue weighted by Crippen LogP contribution is 2.51. The van der Waals surface area contributed by atoms with Gasteiger partial charge in [-0.15, -0.1) is 0 Å². The molecule has 3 nitrogen and oxygen atoms in total. The Balaban J connectivity index is 1.92. The zero-order valence-corrected chi connectivity index (χ0v) is 10.2. The van der Waals surface area contributed by atoms with Crippen LogP contribution >= 0.6 is 11.6 Å². The largest absolute Gasteiger partial charge is 0.332 e. The van der Waals surface area contributed by atoms with Crippen LogP contribution in [-0.2, 0) is 5.41 Å². The van der Waals surface area contributed by atoms with E-state index in [-0.39, 0.29) is 11.3 Å². The quantitative estimate of drug-likeness (QED) is 0.847. The van der Waals surface area contributed by atoms with Gasteiger partial charge in [-0.3, -0.25) is 0 Å². The van der Waals surface area contributed by atoms with Crippen LogP contribution in [0.3, 0.4) is 0 Å². The lowest BCUT2D eigenvalue weighted by Gasteiger charge is -2.10. The van der Waals surface area contributed by atoms with Crippen LogP contribution in [0, 0.1) is 0 Å². The highest BCUT2D eigenvalue weighted by atomic mass is 35.5. The van der Waals surface area contributed by atoms with Crippen molar-refractivity contribution in [2.45, 2.75) is 18.3 Å². The molecule has 0 amide bonds. The van der Waals surface area contributed by atoms with E-state index >= 15 is 0 Å². The maximum absolute atomic E-state index is 13.9. The van der Waals surface area contributed by atoms with Gasteiger partial charge < -0.3 is 4.52 Å². The minimum absolute atomic E-state index is 0.0739. The van der Waals surface area contributed by atoms with Gasteiger partial charge in [-0.25, -0.2) is 4.39 Å². The standard InChI is InChI=1S/C13H10ClFN2O/c14-10-3-1-9(2-4-10)13(5-6-13)7-11(15)12-16-8-17-18-12/h1-4,7-8H,5-6H2/b11-7-. The molecular weight excluding hydrogens is 255 g/mol. The molecule has 18 heavy (non-hydrogen) atoms. The number of rotatable bonds is 3. The van der Waals surface area contributed by atoms with Gasteiger partial charge in [-0.1, -0.05) is 28.9 Å². The van der Waals surface area contributed by atoms with E-state index in [0.717, 1.165) is 18.4 Å². The molecule has 92 valence electrons. The molecule has 0 N–H and O–H groups in total. The molecule has 5 heteroatoms. The van der Waals surface area contributed by atoms with Crippen molar-refractivity contribution < 1.29 is 8.91 Å². The van der Waals surface area contributed by atoms with Gasteiger partial charge in [0.25, 0.3) is 5.89 Å². The fourth-order valence-electron chi connectivity index (χ4n) is 2.02. The van der Waals surface area contributed by atoms with Crippen molar-refractivity contribution in [2.75, 3.05) is 0 Å². The Kier molecular flexibility index (Phi) is 2.67. The van der Waals surface area contributed by atoms with E-state index < -0.39 is 5.83 Å². The van der Waals surface area contributed by atoms with Gasteiger partial charge in [0.05, 0.1) is 0 Å². The second-order valence-electron chi connectivity index (χ2n) is 4.40. The monoisotopic (exact) mass is 264 g/mol. The number of hydrogen-bond donors (Lipinski definition) is 0. The van der Waals surface area contributed by atoms with E-state index in [2.05, 4.69) is 10.1 Å². The van der Waals surface area contributed by atoms with Crippen LogP contribution in [0.2, 0.25) is 5.02 Å². The van der Waals surface area contributed by atoms with Gasteiger partial charge in [-0.05, 0) is 36.6 Å². The molecule has 1 aromatic carbocycles. The minimum Gasteiger partial charge on any atom is -0.332 e. The third-order valence-electron chi connectivity index (χ3n) is 3.18. The fraction of sp³-hybridized carbons (Fsp3) is 0.231. The number of benzene rings is 1. The molecule has 3 rings (SSSR count). The third-order valence-corrected chi connectivity index (χ3v) is 3.43. The normalized spacial score (nSPS) is 17.8. The molecule has 0 spiro atoms. The molecule has 2 aromatic rings. The lowest BCUT2D eigenvalue weighted by molar-refractivity contribution is 0.396. The summed E-state index contributed by atoms with van der Waals surface area (Å²) in [4.78, 5) is 3.69. The van der Waals surface area contributed by atoms with Crippen molar-refractivity contribution in [3.8, 4) is 0 Å². The zero-order chi connectivity index (χ0) is 12.6. The zero-order valence-electron chi connectivity index (χ0n) is 9.44. The van der Waals surface area contributed by atoms with E-state index in [1.807, 2.05) is 24.3 Å². The summed E-state index contributed by atoms with van der Waals surface area (Å²) < 4.78 is 18.6. The first kappa shape index (κ1) is 11.4. The smallest absolute Gasteiger partial charge is 0.286 e. The summed E-state index contributed by atoms with van der Waals surface area (Å²) >= 11 is 5.85. The first-order valence-corrected chi connectivity index (χ1v) is 5.99. The highest BCUT2D eigenvalue weighted by Gasteiger charge is 2.43. The average molecular weight is 265 g/mol. The van der Waals surface area contributed by atoms with Crippen LogP contribution < -0.4 is 0 Å². The first-order valence-electron chi connectivity index (χ1n) is 5.61. The molecule has 1 saturated carbocycles. The number of halogens is 2. The predicted octanol–water partition coefficient (Wildman–Crippen LogP) is 3.77.